The molecule has 13 aromatic carbocycles. The minimum atomic E-state index is -3.29. The lowest BCUT2D eigenvalue weighted by Gasteiger charge is -2.36. The molecule has 0 fully saturated rings. The van der Waals surface area contributed by atoms with Crippen LogP contribution in [-0.4, -0.2) is 17.2 Å². The molecule has 0 unspecified atom stereocenters. The Balaban J connectivity index is 1.04. The fourth-order valence-corrected chi connectivity index (χ4v) is 17.9. The Morgan fingerprint density at radius 1 is 0.198 bits per heavy atom. The number of para-hydroxylation sites is 4. The van der Waals surface area contributed by atoms with Crippen LogP contribution in [0.2, 0.25) is 0 Å². The molecule has 2 aromatic heterocycles. The Labute approximate surface area is 473 Å². The summed E-state index contributed by atoms with van der Waals surface area (Å²) in [5, 5.41) is 10.2. The molecule has 0 amide bonds. The van der Waals surface area contributed by atoms with Crippen LogP contribution < -0.4 is 20.7 Å². The van der Waals surface area contributed by atoms with E-state index in [2.05, 4.69) is 337 Å². The zero-order chi connectivity index (χ0) is 53.7. The molecule has 0 radical (unpaired) electrons. The van der Waals surface area contributed by atoms with Gasteiger partial charge in [-0.2, -0.15) is 0 Å². The Hall–Kier alpha value is -10.3. The Morgan fingerprint density at radius 2 is 0.580 bits per heavy atom. The quantitative estimate of drug-likeness (QED) is 0.0902. The predicted molar refractivity (Wildman–Crippen MR) is 346 cm³/mol. The van der Waals surface area contributed by atoms with Crippen molar-refractivity contribution in [2.24, 2.45) is 0 Å². The van der Waals surface area contributed by atoms with Gasteiger partial charge in [-0.05, 0) is 96.1 Å². The molecule has 0 aliphatic heterocycles. The minimum absolute atomic E-state index is 1.15. The van der Waals surface area contributed by atoms with E-state index in [0.29, 0.717) is 0 Å². The molecule has 81 heavy (non-hydrogen) atoms. The zero-order valence-corrected chi connectivity index (χ0v) is 45.6. The Morgan fingerprint density at radius 3 is 1.10 bits per heavy atom. The molecule has 0 saturated heterocycles. The van der Waals surface area contributed by atoms with E-state index in [1.807, 2.05) is 0 Å². The van der Waals surface area contributed by atoms with Crippen molar-refractivity contribution >= 4 is 72.4 Å². The largest absolute Gasteiger partial charge is 0.309 e. The van der Waals surface area contributed by atoms with E-state index in [0.717, 1.165) is 33.5 Å². The summed E-state index contributed by atoms with van der Waals surface area (Å²) in [7, 11) is -3.29. The number of rotatable bonds is 11. The number of hydrogen-bond acceptors (Lipinski definition) is 0. The maximum absolute atomic E-state index is 3.29. The van der Waals surface area contributed by atoms with E-state index in [1.54, 1.807) is 0 Å². The fourth-order valence-electron chi connectivity index (χ4n) is 13.1. The molecular weight excluding hydrogens is 993 g/mol. The van der Waals surface area contributed by atoms with Crippen LogP contribution in [0.5, 0.6) is 0 Å². The average Bonchev–Trinajstić information content (AvgIpc) is 4.14. The molecule has 3 heteroatoms. The van der Waals surface area contributed by atoms with E-state index < -0.39 is 8.07 Å². The third kappa shape index (κ3) is 8.08. The molecule has 0 saturated carbocycles. The lowest BCUT2D eigenvalue weighted by Crippen LogP contribution is -2.74. The second kappa shape index (κ2) is 20.2. The van der Waals surface area contributed by atoms with Crippen LogP contribution in [0.4, 0.5) is 0 Å². The Bertz CT molecular complexity index is 4590. The van der Waals surface area contributed by atoms with Crippen LogP contribution >= 0.6 is 0 Å². The average molecular weight is 1050 g/mol. The molecule has 15 rings (SSSR count). The summed E-state index contributed by atoms with van der Waals surface area (Å²) < 4.78 is 5.02. The highest BCUT2D eigenvalue weighted by Crippen LogP contribution is 2.44. The van der Waals surface area contributed by atoms with Gasteiger partial charge in [-0.3, -0.25) is 0 Å². The van der Waals surface area contributed by atoms with Gasteiger partial charge >= 0.3 is 0 Å². The van der Waals surface area contributed by atoms with E-state index in [-0.39, 0.29) is 0 Å². The van der Waals surface area contributed by atoms with Gasteiger partial charge in [0.15, 0.2) is 8.07 Å². The molecule has 15 aromatic rings. The van der Waals surface area contributed by atoms with Gasteiger partial charge in [-0.1, -0.05) is 291 Å². The van der Waals surface area contributed by atoms with Crippen molar-refractivity contribution in [3.63, 3.8) is 0 Å². The highest BCUT2D eigenvalue weighted by molar-refractivity contribution is 7.20. The normalized spacial score (nSPS) is 11.7. The topological polar surface area (TPSA) is 9.86 Å². The third-order valence-electron chi connectivity index (χ3n) is 16.7. The lowest BCUT2D eigenvalue weighted by molar-refractivity contribution is 1.18. The summed E-state index contributed by atoms with van der Waals surface area (Å²) >= 11 is 0. The van der Waals surface area contributed by atoms with Crippen molar-refractivity contribution in [3.05, 3.63) is 328 Å². The zero-order valence-electron chi connectivity index (χ0n) is 44.6. The van der Waals surface area contributed by atoms with Crippen LogP contribution in [0.3, 0.4) is 0 Å². The second-order valence-corrected chi connectivity index (χ2v) is 24.9. The van der Waals surface area contributed by atoms with Crippen LogP contribution in [0.25, 0.3) is 111 Å². The SMILES string of the molecule is c1ccc(-c2cccc([Si](c3ccccc3)(c3cccc(-c4ccccc4)c3)c3cc(-c4ccccc4)c(-n4c5ccccc5c5cc(-c6ccccc6-n6c7ccccc7c7ccccc76)ccc54)c(-c4ccccc4)c3)c2)cc1. The molecule has 380 valence electrons. The van der Waals surface area contributed by atoms with Crippen LogP contribution in [0, 0.1) is 0 Å². The van der Waals surface area contributed by atoms with Crippen molar-refractivity contribution in [1.29, 1.82) is 0 Å². The van der Waals surface area contributed by atoms with Crippen molar-refractivity contribution < 1.29 is 0 Å². The number of hydrogen-bond donors (Lipinski definition) is 0. The molecule has 2 nitrogen and oxygen atoms in total. The maximum Gasteiger partial charge on any atom is 0.179 e. The first-order valence-electron chi connectivity index (χ1n) is 28.0. The van der Waals surface area contributed by atoms with Gasteiger partial charge in [0.1, 0.15) is 0 Å². The van der Waals surface area contributed by atoms with Gasteiger partial charge < -0.3 is 9.13 Å². The summed E-state index contributed by atoms with van der Waals surface area (Å²) in [6, 6.07) is 122. The maximum atomic E-state index is 2.58. The lowest BCUT2D eigenvalue weighted by atomic mass is 9.95. The Kier molecular flexibility index (Phi) is 11.9. The van der Waals surface area contributed by atoms with Crippen LogP contribution in [0.15, 0.2) is 328 Å². The van der Waals surface area contributed by atoms with Gasteiger partial charge in [0.05, 0.1) is 33.4 Å². The van der Waals surface area contributed by atoms with E-state index >= 15 is 0 Å². The smallest absolute Gasteiger partial charge is 0.179 e. The summed E-state index contributed by atoms with van der Waals surface area (Å²) in [6.07, 6.45) is 0. The summed E-state index contributed by atoms with van der Waals surface area (Å²) in [5.41, 5.74) is 18.8. The first kappa shape index (κ1) is 47.9. The van der Waals surface area contributed by atoms with Gasteiger partial charge in [-0.25, -0.2) is 0 Å². The molecule has 2 heterocycles. The number of nitrogens with zero attached hydrogens (tertiary/aromatic N) is 2. The van der Waals surface area contributed by atoms with E-state index in [4.69, 9.17) is 0 Å². The summed E-state index contributed by atoms with van der Waals surface area (Å²) in [5.74, 6) is 0. The van der Waals surface area contributed by atoms with Crippen molar-refractivity contribution in [1.82, 2.24) is 9.13 Å². The van der Waals surface area contributed by atoms with Gasteiger partial charge in [0.25, 0.3) is 0 Å². The summed E-state index contributed by atoms with van der Waals surface area (Å²) in [4.78, 5) is 0. The molecule has 0 atom stereocenters. The first-order valence-corrected chi connectivity index (χ1v) is 30.0. The van der Waals surface area contributed by atoms with E-state index in [1.165, 1.54) is 97.8 Å². The van der Waals surface area contributed by atoms with E-state index in [9.17, 15) is 0 Å². The van der Waals surface area contributed by atoms with Gasteiger partial charge in [0.2, 0.25) is 0 Å². The first-order chi connectivity index (χ1) is 40.2. The molecule has 0 aliphatic rings. The van der Waals surface area contributed by atoms with Crippen molar-refractivity contribution in [3.8, 4) is 67.0 Å². The predicted octanol–water partition coefficient (Wildman–Crippen LogP) is 17.6. The number of aromatic nitrogens is 2. The molecule has 0 spiro atoms. The molecule has 0 N–H and O–H groups in total. The summed E-state index contributed by atoms with van der Waals surface area (Å²) in [6.45, 7) is 0. The number of benzene rings is 13. The molecule has 0 bridgehead atoms. The molecular formula is C78H54N2Si. The molecule has 0 aliphatic carbocycles. The van der Waals surface area contributed by atoms with Crippen molar-refractivity contribution in [2.75, 3.05) is 0 Å². The van der Waals surface area contributed by atoms with Gasteiger partial charge in [0, 0.05) is 38.2 Å². The van der Waals surface area contributed by atoms with Crippen LogP contribution in [0.1, 0.15) is 0 Å². The highest BCUT2D eigenvalue weighted by atomic mass is 28.3. The van der Waals surface area contributed by atoms with Gasteiger partial charge in [-0.15, -0.1) is 0 Å². The monoisotopic (exact) mass is 1050 g/mol. The van der Waals surface area contributed by atoms with Crippen LogP contribution in [-0.2, 0) is 0 Å². The third-order valence-corrected chi connectivity index (χ3v) is 21.4. The fraction of sp³-hybridized carbons (Fsp3) is 0. The van der Waals surface area contributed by atoms with Crippen molar-refractivity contribution in [2.45, 2.75) is 0 Å². The standard InChI is InChI=1S/C78H54N2Si/c1-6-26-55(27-7-1)59-34-24-38-63(50-59)81(62-36-14-5-15-37-62,64-39-25-35-60(51-64)56-28-8-2-9-29-56)65-53-70(57-30-10-3-11-31-57)78(71(54-65)58-32-12-4-13-33-58)80-76-47-23-19-43-69(76)72-52-61(48-49-77(72)80)66-40-16-20-44-73(66)79-74-45-21-17-41-67(74)68-42-18-22-46-75(68)79/h1-54H. The number of fused-ring (bicyclic) bond motifs is 6. The second-order valence-electron chi connectivity index (χ2n) is 21.1. The highest BCUT2D eigenvalue weighted by Gasteiger charge is 2.43. The minimum Gasteiger partial charge on any atom is -0.309 e.